The molecule has 1 fully saturated rings. The predicted octanol–water partition coefficient (Wildman–Crippen LogP) is 4.94. The second-order valence-electron chi connectivity index (χ2n) is 8.25. The number of amides is 1. The molecule has 0 atom stereocenters. The van der Waals surface area contributed by atoms with Gasteiger partial charge in [-0.05, 0) is 50.5 Å². The van der Waals surface area contributed by atoms with E-state index < -0.39 is 5.41 Å². The number of aromatic nitrogens is 2. The number of piperidine rings is 1. The highest BCUT2D eigenvalue weighted by Gasteiger charge is 2.42. The van der Waals surface area contributed by atoms with Gasteiger partial charge in [-0.1, -0.05) is 48.0 Å². The first kappa shape index (κ1) is 22.1. The van der Waals surface area contributed by atoms with Crippen LogP contribution in [0.5, 0.6) is 11.6 Å². The third-order valence-electron chi connectivity index (χ3n) is 6.30. The van der Waals surface area contributed by atoms with Crippen LogP contribution in [-0.2, 0) is 17.3 Å². The van der Waals surface area contributed by atoms with Gasteiger partial charge >= 0.3 is 0 Å². The van der Waals surface area contributed by atoms with Crippen LogP contribution in [0.25, 0.3) is 0 Å². The lowest BCUT2D eigenvalue weighted by atomic mass is 9.70. The third kappa shape index (κ3) is 4.02. The molecule has 7 heteroatoms. The average Bonchev–Trinajstić information content (AvgIpc) is 3.06. The number of aryl methyl sites for hydroxylation is 2. The summed E-state index contributed by atoms with van der Waals surface area (Å²) in [6.45, 7) is 4.41. The number of ketones is 1. The summed E-state index contributed by atoms with van der Waals surface area (Å²) in [4.78, 5) is 28.0. The Morgan fingerprint density at radius 2 is 1.75 bits per heavy atom. The number of halogens is 1. The summed E-state index contributed by atoms with van der Waals surface area (Å²) in [6.07, 6.45) is 1.17. The number of Topliss-reactive ketones (excluding diaryl/α,β-unsaturated/α-hetero) is 1. The standard InChI is InChI=1S/C25H26ClN3O3/c1-17-22(24(28(3)27-17)32-21-11-7-10-20(26)16-21)23(31)29-14-12-25(13-15-29,18(2)30)19-8-5-4-6-9-19/h4-11,16H,12-15H2,1-3H3. The monoisotopic (exact) mass is 451 g/mol. The van der Waals surface area contributed by atoms with Crippen LogP contribution in [0.4, 0.5) is 0 Å². The van der Waals surface area contributed by atoms with Crippen molar-refractivity contribution in [1.29, 1.82) is 0 Å². The van der Waals surface area contributed by atoms with Crippen LogP contribution in [0.15, 0.2) is 54.6 Å². The molecule has 1 aliphatic rings. The number of likely N-dealkylation sites (tertiary alicyclic amines) is 1. The van der Waals surface area contributed by atoms with Crippen LogP contribution in [0, 0.1) is 6.92 Å². The molecule has 0 N–H and O–H groups in total. The molecule has 4 rings (SSSR count). The predicted molar refractivity (Wildman–Crippen MR) is 123 cm³/mol. The van der Waals surface area contributed by atoms with E-state index in [9.17, 15) is 9.59 Å². The zero-order valence-electron chi connectivity index (χ0n) is 18.5. The molecule has 32 heavy (non-hydrogen) atoms. The number of benzene rings is 2. The smallest absolute Gasteiger partial charge is 0.261 e. The van der Waals surface area contributed by atoms with Crippen molar-refractivity contribution in [2.75, 3.05) is 13.1 Å². The number of carbonyl (C=O) groups is 2. The minimum absolute atomic E-state index is 0.137. The maximum Gasteiger partial charge on any atom is 0.261 e. The zero-order valence-corrected chi connectivity index (χ0v) is 19.2. The van der Waals surface area contributed by atoms with Gasteiger partial charge in [-0.15, -0.1) is 0 Å². The van der Waals surface area contributed by atoms with Gasteiger partial charge in [0.15, 0.2) is 0 Å². The molecular weight excluding hydrogens is 426 g/mol. The van der Waals surface area contributed by atoms with Crippen molar-refractivity contribution in [3.63, 3.8) is 0 Å². The van der Waals surface area contributed by atoms with Crippen LogP contribution in [-0.4, -0.2) is 39.5 Å². The summed E-state index contributed by atoms with van der Waals surface area (Å²) in [6, 6.07) is 16.9. The first-order valence-electron chi connectivity index (χ1n) is 10.6. The second kappa shape index (κ2) is 8.79. The second-order valence-corrected chi connectivity index (χ2v) is 8.68. The molecular formula is C25H26ClN3O3. The SMILES string of the molecule is CC(=O)C1(c2ccccc2)CCN(C(=O)c2c(C)nn(C)c2Oc2cccc(Cl)c2)CC1. The Labute approximate surface area is 192 Å². The van der Waals surface area contributed by atoms with Crippen LogP contribution in [0.2, 0.25) is 5.02 Å². The van der Waals surface area contributed by atoms with Crippen molar-refractivity contribution in [2.24, 2.45) is 7.05 Å². The van der Waals surface area contributed by atoms with Crippen LogP contribution >= 0.6 is 11.6 Å². The highest BCUT2D eigenvalue weighted by molar-refractivity contribution is 6.30. The van der Waals surface area contributed by atoms with E-state index in [1.165, 1.54) is 0 Å². The van der Waals surface area contributed by atoms with Crippen molar-refractivity contribution in [3.05, 3.63) is 76.4 Å². The molecule has 6 nitrogen and oxygen atoms in total. The molecule has 1 amide bonds. The number of hydrogen-bond donors (Lipinski definition) is 0. The molecule has 0 aliphatic carbocycles. The first-order chi connectivity index (χ1) is 15.3. The molecule has 2 heterocycles. The van der Waals surface area contributed by atoms with Crippen LogP contribution in [0.3, 0.4) is 0 Å². The summed E-state index contributed by atoms with van der Waals surface area (Å²) in [5, 5.41) is 4.95. The summed E-state index contributed by atoms with van der Waals surface area (Å²) in [5.74, 6) is 0.908. The molecule has 1 saturated heterocycles. The van der Waals surface area contributed by atoms with E-state index >= 15 is 0 Å². The Balaban J connectivity index is 1.58. The molecule has 0 saturated carbocycles. The van der Waals surface area contributed by atoms with Crippen LogP contribution in [0.1, 0.15) is 41.4 Å². The number of carbonyl (C=O) groups excluding carboxylic acids is 2. The highest BCUT2D eigenvalue weighted by atomic mass is 35.5. The Hall–Kier alpha value is -3.12. The van der Waals surface area contributed by atoms with E-state index in [0.717, 1.165) is 5.56 Å². The number of nitrogens with zero attached hydrogens (tertiary/aromatic N) is 3. The van der Waals surface area contributed by atoms with Crippen LogP contribution < -0.4 is 4.74 Å². The summed E-state index contributed by atoms with van der Waals surface area (Å²) >= 11 is 6.08. The highest BCUT2D eigenvalue weighted by Crippen LogP contribution is 2.38. The van der Waals surface area contributed by atoms with Gasteiger partial charge in [-0.2, -0.15) is 5.10 Å². The minimum Gasteiger partial charge on any atom is -0.438 e. The summed E-state index contributed by atoms with van der Waals surface area (Å²) < 4.78 is 7.58. The minimum atomic E-state index is -0.553. The molecule has 1 aromatic heterocycles. The normalized spacial score (nSPS) is 15.4. The maximum absolute atomic E-state index is 13.5. The lowest BCUT2D eigenvalue weighted by molar-refractivity contribution is -0.124. The van der Waals surface area contributed by atoms with E-state index in [1.807, 2.05) is 30.3 Å². The fraction of sp³-hybridized carbons (Fsp3) is 0.320. The summed E-state index contributed by atoms with van der Waals surface area (Å²) in [7, 11) is 1.75. The quantitative estimate of drug-likeness (QED) is 0.551. The number of rotatable bonds is 5. The molecule has 2 aromatic carbocycles. The van der Waals surface area contributed by atoms with E-state index in [4.69, 9.17) is 16.3 Å². The Morgan fingerprint density at radius 3 is 2.38 bits per heavy atom. The Morgan fingerprint density at radius 1 is 1.06 bits per heavy atom. The molecule has 0 unspecified atom stereocenters. The van der Waals surface area contributed by atoms with Gasteiger partial charge in [-0.3, -0.25) is 9.59 Å². The van der Waals surface area contributed by atoms with Gasteiger partial charge in [0.2, 0.25) is 5.88 Å². The zero-order chi connectivity index (χ0) is 22.9. The van der Waals surface area contributed by atoms with Crippen molar-refractivity contribution >= 4 is 23.3 Å². The van der Waals surface area contributed by atoms with Gasteiger partial charge in [0.25, 0.3) is 5.91 Å². The molecule has 166 valence electrons. The number of hydrogen-bond acceptors (Lipinski definition) is 4. The molecule has 0 radical (unpaired) electrons. The Kier molecular flexibility index (Phi) is 6.07. The molecule has 1 aliphatic heterocycles. The third-order valence-corrected chi connectivity index (χ3v) is 6.53. The maximum atomic E-state index is 13.5. The van der Waals surface area contributed by atoms with Crippen molar-refractivity contribution in [3.8, 4) is 11.6 Å². The largest absolute Gasteiger partial charge is 0.438 e. The van der Waals surface area contributed by atoms with Gasteiger partial charge in [0, 0.05) is 25.2 Å². The van der Waals surface area contributed by atoms with Gasteiger partial charge in [0.05, 0.1) is 11.1 Å². The van der Waals surface area contributed by atoms with E-state index in [1.54, 1.807) is 54.7 Å². The lowest BCUT2D eigenvalue weighted by Gasteiger charge is -2.40. The average molecular weight is 452 g/mol. The first-order valence-corrected chi connectivity index (χ1v) is 11.0. The molecule has 0 bridgehead atoms. The molecule has 0 spiro atoms. The van der Waals surface area contributed by atoms with Gasteiger partial charge in [-0.25, -0.2) is 4.68 Å². The van der Waals surface area contributed by atoms with Gasteiger partial charge in [0.1, 0.15) is 17.1 Å². The Bertz CT molecular complexity index is 1150. The van der Waals surface area contributed by atoms with Crippen molar-refractivity contribution in [1.82, 2.24) is 14.7 Å². The fourth-order valence-electron chi connectivity index (χ4n) is 4.49. The fourth-order valence-corrected chi connectivity index (χ4v) is 4.67. The molecule has 3 aromatic rings. The summed E-state index contributed by atoms with van der Waals surface area (Å²) in [5.41, 5.74) is 1.49. The van der Waals surface area contributed by atoms with E-state index in [-0.39, 0.29) is 11.7 Å². The van der Waals surface area contributed by atoms with E-state index in [0.29, 0.717) is 53.8 Å². The van der Waals surface area contributed by atoms with E-state index in [2.05, 4.69) is 5.10 Å². The number of ether oxygens (including phenoxy) is 1. The van der Waals surface area contributed by atoms with Crippen molar-refractivity contribution < 1.29 is 14.3 Å². The topological polar surface area (TPSA) is 64.4 Å². The van der Waals surface area contributed by atoms with Crippen molar-refractivity contribution in [2.45, 2.75) is 32.1 Å². The lowest BCUT2D eigenvalue weighted by Crippen LogP contribution is -2.48. The van der Waals surface area contributed by atoms with Gasteiger partial charge < -0.3 is 9.64 Å².